The van der Waals surface area contributed by atoms with Crippen molar-refractivity contribution in [2.24, 2.45) is 5.92 Å². The second-order valence-electron chi connectivity index (χ2n) is 7.30. The Hall–Kier alpha value is -0.393. The number of carbonyl (C=O) groups is 1. The van der Waals surface area contributed by atoms with E-state index in [-0.39, 0.29) is 11.9 Å². The minimum Gasteiger partial charge on any atom is -0.466 e. The van der Waals surface area contributed by atoms with Gasteiger partial charge in [0.25, 0.3) is 0 Å². The first-order chi connectivity index (χ1) is 10.4. The summed E-state index contributed by atoms with van der Waals surface area (Å²) in [5.41, 5.74) is 0. The molecule has 1 rings (SSSR count). The van der Waals surface area contributed by atoms with Crippen LogP contribution in [0.2, 0.25) is 19.1 Å². The summed E-state index contributed by atoms with van der Waals surface area (Å²) >= 11 is 0. The van der Waals surface area contributed by atoms with Crippen LogP contribution in [0.25, 0.3) is 0 Å². The number of rotatable bonds is 10. The third-order valence-electron chi connectivity index (χ3n) is 4.71. The molecule has 22 heavy (non-hydrogen) atoms. The Morgan fingerprint density at radius 1 is 1.32 bits per heavy atom. The molecule has 130 valence electrons. The first-order valence-electron chi connectivity index (χ1n) is 9.06. The van der Waals surface area contributed by atoms with Crippen LogP contribution in [0.4, 0.5) is 0 Å². The van der Waals surface area contributed by atoms with E-state index in [0.29, 0.717) is 12.4 Å². The Kier molecular flexibility index (Phi) is 8.65. The molecule has 0 bridgehead atoms. The molecule has 0 spiro atoms. The number of ether oxygens (including phenoxy) is 1. The van der Waals surface area contributed by atoms with Crippen LogP contribution >= 0.6 is 0 Å². The molecular weight excluding hydrogens is 292 g/mol. The summed E-state index contributed by atoms with van der Waals surface area (Å²) in [6, 6.07) is 1.37. The zero-order valence-corrected chi connectivity index (χ0v) is 16.3. The Bertz CT molecular complexity index is 337. The zero-order valence-electron chi connectivity index (χ0n) is 15.3. The number of nitrogens with zero attached hydrogens (tertiary/aromatic N) is 1. The summed E-state index contributed by atoms with van der Waals surface area (Å²) in [4.78, 5) is 14.4. The molecule has 4 nitrogen and oxygen atoms in total. The first kappa shape index (κ1) is 19.7. The van der Waals surface area contributed by atoms with Gasteiger partial charge in [-0.05, 0) is 6.92 Å². The molecule has 1 heterocycles. The van der Waals surface area contributed by atoms with Gasteiger partial charge in [-0.25, -0.2) is 0 Å². The second-order valence-corrected chi connectivity index (χ2v) is 12.3. The molecule has 0 aromatic heterocycles. The third kappa shape index (κ3) is 6.01. The van der Waals surface area contributed by atoms with Crippen LogP contribution in [0.5, 0.6) is 0 Å². The minimum absolute atomic E-state index is 0.0350. The summed E-state index contributed by atoms with van der Waals surface area (Å²) in [6.07, 6.45) is 5.37. The maximum absolute atomic E-state index is 11.9. The molecule has 1 fully saturated rings. The highest BCUT2D eigenvalue weighted by atomic mass is 28.3. The van der Waals surface area contributed by atoms with Crippen molar-refractivity contribution in [1.82, 2.24) is 10.2 Å². The van der Waals surface area contributed by atoms with E-state index in [4.69, 9.17) is 4.74 Å². The van der Waals surface area contributed by atoms with Gasteiger partial charge in [0, 0.05) is 25.4 Å². The standard InChI is InChI=1S/C17H36N2O2Si/c1-6-8-9-10-13-22(4,5)17-18-11-12-19(17)14-15(3)16(20)21-7-2/h15,17-18H,6-14H2,1-5H3. The molecule has 0 radical (unpaired) electrons. The van der Waals surface area contributed by atoms with E-state index >= 15 is 0 Å². The summed E-state index contributed by atoms with van der Waals surface area (Å²) in [7, 11) is -1.34. The fraction of sp³-hybridized carbons (Fsp3) is 0.941. The van der Waals surface area contributed by atoms with Gasteiger partial charge in [-0.15, -0.1) is 0 Å². The van der Waals surface area contributed by atoms with E-state index in [1.54, 1.807) is 0 Å². The smallest absolute Gasteiger partial charge is 0.309 e. The van der Waals surface area contributed by atoms with Crippen molar-refractivity contribution in [3.05, 3.63) is 0 Å². The van der Waals surface area contributed by atoms with Crippen LogP contribution in [-0.4, -0.2) is 51.0 Å². The van der Waals surface area contributed by atoms with Crippen LogP contribution in [0.3, 0.4) is 0 Å². The largest absolute Gasteiger partial charge is 0.466 e. The van der Waals surface area contributed by atoms with Gasteiger partial charge >= 0.3 is 5.97 Å². The van der Waals surface area contributed by atoms with Gasteiger partial charge in [-0.1, -0.05) is 58.7 Å². The van der Waals surface area contributed by atoms with E-state index in [1.807, 2.05) is 13.8 Å². The fourth-order valence-electron chi connectivity index (χ4n) is 3.43. The molecule has 1 aliphatic rings. The van der Waals surface area contributed by atoms with Crippen molar-refractivity contribution in [2.75, 3.05) is 26.2 Å². The van der Waals surface area contributed by atoms with Gasteiger partial charge in [-0.2, -0.15) is 0 Å². The number of nitrogens with one attached hydrogen (secondary N) is 1. The highest BCUT2D eigenvalue weighted by Gasteiger charge is 2.39. The van der Waals surface area contributed by atoms with Gasteiger partial charge in [-0.3, -0.25) is 9.69 Å². The van der Waals surface area contributed by atoms with E-state index in [0.717, 1.165) is 19.6 Å². The van der Waals surface area contributed by atoms with Gasteiger partial charge < -0.3 is 10.1 Å². The van der Waals surface area contributed by atoms with Gasteiger partial charge in [0.1, 0.15) is 0 Å². The quantitative estimate of drug-likeness (QED) is 0.380. The lowest BCUT2D eigenvalue weighted by molar-refractivity contribution is -0.148. The number of esters is 1. The van der Waals surface area contributed by atoms with E-state index < -0.39 is 8.07 Å². The molecule has 0 aromatic rings. The topological polar surface area (TPSA) is 41.6 Å². The molecule has 0 aliphatic carbocycles. The predicted octanol–water partition coefficient (Wildman–Crippen LogP) is 3.24. The Morgan fingerprint density at radius 2 is 2.05 bits per heavy atom. The number of hydrogen-bond acceptors (Lipinski definition) is 4. The van der Waals surface area contributed by atoms with Crippen molar-refractivity contribution in [2.45, 2.75) is 71.4 Å². The summed E-state index contributed by atoms with van der Waals surface area (Å²) in [5, 5.41) is 3.70. The molecular formula is C17H36N2O2Si. The minimum atomic E-state index is -1.34. The van der Waals surface area contributed by atoms with Crippen LogP contribution in [0.1, 0.15) is 46.5 Å². The molecule has 1 saturated heterocycles. The van der Waals surface area contributed by atoms with Gasteiger partial charge in [0.15, 0.2) is 0 Å². The first-order valence-corrected chi connectivity index (χ1v) is 12.3. The van der Waals surface area contributed by atoms with E-state index in [1.165, 1.54) is 31.7 Å². The molecule has 0 amide bonds. The Balaban J connectivity index is 2.51. The number of hydrogen-bond donors (Lipinski definition) is 1. The molecule has 0 aromatic carbocycles. The van der Waals surface area contributed by atoms with E-state index in [9.17, 15) is 4.79 Å². The average molecular weight is 329 g/mol. The summed E-state index contributed by atoms with van der Waals surface area (Å²) in [6.45, 7) is 14.5. The average Bonchev–Trinajstić information content (AvgIpc) is 2.93. The highest BCUT2D eigenvalue weighted by Crippen LogP contribution is 2.24. The number of unbranched alkanes of at least 4 members (excludes halogenated alkanes) is 3. The van der Waals surface area contributed by atoms with Gasteiger partial charge in [0.2, 0.25) is 0 Å². The zero-order chi connectivity index (χ0) is 16.6. The Morgan fingerprint density at radius 3 is 2.68 bits per heavy atom. The van der Waals surface area contributed by atoms with Gasteiger partial charge in [0.05, 0.1) is 20.6 Å². The molecule has 5 heteroatoms. The van der Waals surface area contributed by atoms with Crippen LogP contribution in [-0.2, 0) is 9.53 Å². The third-order valence-corrected chi connectivity index (χ3v) is 8.41. The SMILES string of the molecule is CCCCCC[Si](C)(C)C1NCCN1CC(C)C(=O)OCC. The molecule has 1 N–H and O–H groups in total. The summed E-state index contributed by atoms with van der Waals surface area (Å²) < 4.78 is 5.15. The summed E-state index contributed by atoms with van der Waals surface area (Å²) in [5.74, 6) is 0.411. The lowest BCUT2D eigenvalue weighted by atomic mass is 10.2. The number of carbonyl (C=O) groups excluding carboxylic acids is 1. The second kappa shape index (κ2) is 9.68. The molecule has 2 unspecified atom stereocenters. The predicted molar refractivity (Wildman–Crippen MR) is 95.6 cm³/mol. The van der Waals surface area contributed by atoms with Crippen molar-refractivity contribution >= 4 is 14.0 Å². The molecule has 0 saturated carbocycles. The normalized spacial score (nSPS) is 21.0. The van der Waals surface area contributed by atoms with E-state index in [2.05, 4.69) is 30.2 Å². The molecule has 2 atom stereocenters. The van der Waals surface area contributed by atoms with Crippen molar-refractivity contribution in [3.8, 4) is 0 Å². The van der Waals surface area contributed by atoms with Crippen molar-refractivity contribution < 1.29 is 9.53 Å². The van der Waals surface area contributed by atoms with Crippen LogP contribution in [0.15, 0.2) is 0 Å². The lowest BCUT2D eigenvalue weighted by Crippen LogP contribution is -2.56. The van der Waals surface area contributed by atoms with Crippen molar-refractivity contribution in [1.29, 1.82) is 0 Å². The Labute approximate surface area is 138 Å². The fourth-order valence-corrected chi connectivity index (χ4v) is 6.78. The van der Waals surface area contributed by atoms with Crippen LogP contribution in [0, 0.1) is 5.92 Å². The maximum atomic E-state index is 11.9. The maximum Gasteiger partial charge on any atom is 0.309 e. The van der Waals surface area contributed by atoms with Crippen LogP contribution < -0.4 is 5.32 Å². The monoisotopic (exact) mass is 328 g/mol. The van der Waals surface area contributed by atoms with Crippen molar-refractivity contribution in [3.63, 3.8) is 0 Å². The lowest BCUT2D eigenvalue weighted by Gasteiger charge is -2.37. The molecule has 1 aliphatic heterocycles. The highest BCUT2D eigenvalue weighted by molar-refractivity contribution is 6.78.